The van der Waals surface area contributed by atoms with Crippen molar-refractivity contribution in [2.24, 2.45) is 0 Å². The summed E-state index contributed by atoms with van der Waals surface area (Å²) in [7, 11) is 0. The van der Waals surface area contributed by atoms with Crippen LogP contribution in [-0.4, -0.2) is 25.2 Å². The molecule has 0 fully saturated rings. The molecule has 0 radical (unpaired) electrons. The zero-order valence-corrected chi connectivity index (χ0v) is 13.7. The van der Waals surface area contributed by atoms with Gasteiger partial charge in [0.2, 0.25) is 0 Å². The van der Waals surface area contributed by atoms with Crippen molar-refractivity contribution in [3.05, 3.63) is 51.6 Å². The lowest BCUT2D eigenvalue weighted by atomic mass is 10.1. The molecule has 0 bridgehead atoms. The molecule has 3 heterocycles. The van der Waals surface area contributed by atoms with Gasteiger partial charge in [0.1, 0.15) is 0 Å². The van der Waals surface area contributed by atoms with E-state index in [0.717, 1.165) is 16.3 Å². The summed E-state index contributed by atoms with van der Waals surface area (Å²) in [5, 5.41) is 9.63. The van der Waals surface area contributed by atoms with Crippen LogP contribution >= 0.6 is 11.3 Å². The van der Waals surface area contributed by atoms with Crippen LogP contribution in [0.15, 0.2) is 34.7 Å². The minimum absolute atomic E-state index is 0.0201. The van der Waals surface area contributed by atoms with Gasteiger partial charge in [-0.2, -0.15) is 5.10 Å². The van der Waals surface area contributed by atoms with Crippen molar-refractivity contribution >= 4 is 16.3 Å². The van der Waals surface area contributed by atoms with Crippen LogP contribution in [0.25, 0.3) is 4.96 Å². The van der Waals surface area contributed by atoms with E-state index in [1.807, 2.05) is 29.2 Å². The van der Waals surface area contributed by atoms with Crippen LogP contribution in [0, 0.1) is 6.92 Å². The molecule has 2 atom stereocenters. The van der Waals surface area contributed by atoms with E-state index in [9.17, 15) is 4.79 Å². The number of nitrogens with zero attached hydrogens (tertiary/aromatic N) is 4. The van der Waals surface area contributed by atoms with Crippen LogP contribution in [0.2, 0.25) is 0 Å². The summed E-state index contributed by atoms with van der Waals surface area (Å²) in [4.78, 5) is 17.4. The third-order valence-corrected chi connectivity index (χ3v) is 4.84. The molecule has 0 unspecified atom stereocenters. The van der Waals surface area contributed by atoms with Crippen molar-refractivity contribution in [1.29, 1.82) is 0 Å². The lowest BCUT2D eigenvalue weighted by molar-refractivity contribution is 0.364. The Kier molecular flexibility index (Phi) is 4.08. The SMILES string of the molecule is Cc1csc2nc(CN[C@H](C)[C@@H](C)n3cccn3)cc(=O)n12. The highest BCUT2D eigenvalue weighted by atomic mass is 32.1. The molecule has 3 aromatic heterocycles. The molecule has 0 saturated heterocycles. The van der Waals surface area contributed by atoms with E-state index in [1.54, 1.807) is 16.7 Å². The maximum Gasteiger partial charge on any atom is 0.259 e. The lowest BCUT2D eigenvalue weighted by Gasteiger charge is -2.21. The Morgan fingerprint density at radius 1 is 1.41 bits per heavy atom. The largest absolute Gasteiger partial charge is 0.307 e. The van der Waals surface area contributed by atoms with Crippen molar-refractivity contribution < 1.29 is 0 Å². The molecule has 0 aliphatic rings. The van der Waals surface area contributed by atoms with Crippen molar-refractivity contribution in [3.8, 4) is 0 Å². The van der Waals surface area contributed by atoms with E-state index in [0.29, 0.717) is 6.54 Å². The van der Waals surface area contributed by atoms with Gasteiger partial charge in [-0.15, -0.1) is 11.3 Å². The average molecular weight is 317 g/mol. The summed E-state index contributed by atoms with van der Waals surface area (Å²) in [6.07, 6.45) is 3.73. The average Bonchev–Trinajstić information content (AvgIpc) is 3.14. The Labute approximate surface area is 132 Å². The van der Waals surface area contributed by atoms with Gasteiger partial charge in [-0.05, 0) is 26.8 Å². The first-order chi connectivity index (χ1) is 10.6. The molecule has 0 saturated carbocycles. The maximum absolute atomic E-state index is 12.1. The van der Waals surface area contributed by atoms with Crippen molar-refractivity contribution in [2.75, 3.05) is 0 Å². The zero-order valence-electron chi connectivity index (χ0n) is 12.9. The minimum atomic E-state index is -0.0201. The topological polar surface area (TPSA) is 64.2 Å². The number of nitrogens with one attached hydrogen (secondary N) is 1. The Balaban J connectivity index is 1.72. The molecule has 7 heteroatoms. The summed E-state index contributed by atoms with van der Waals surface area (Å²) in [5.41, 5.74) is 1.68. The molecule has 0 spiro atoms. The van der Waals surface area contributed by atoms with E-state index >= 15 is 0 Å². The fourth-order valence-electron chi connectivity index (χ4n) is 2.38. The Morgan fingerprint density at radius 3 is 2.95 bits per heavy atom. The molecule has 22 heavy (non-hydrogen) atoms. The smallest absolute Gasteiger partial charge is 0.259 e. The number of fused-ring (bicyclic) bond motifs is 1. The minimum Gasteiger partial charge on any atom is -0.307 e. The van der Waals surface area contributed by atoms with Gasteiger partial charge in [-0.1, -0.05) is 0 Å². The fourth-order valence-corrected chi connectivity index (χ4v) is 3.27. The summed E-state index contributed by atoms with van der Waals surface area (Å²) in [5.74, 6) is 0. The Morgan fingerprint density at radius 2 is 2.23 bits per heavy atom. The summed E-state index contributed by atoms with van der Waals surface area (Å²) in [6.45, 7) is 6.69. The van der Waals surface area contributed by atoms with Gasteiger partial charge in [-0.3, -0.25) is 13.9 Å². The van der Waals surface area contributed by atoms with E-state index in [-0.39, 0.29) is 17.6 Å². The van der Waals surface area contributed by atoms with E-state index in [1.165, 1.54) is 11.3 Å². The first-order valence-corrected chi connectivity index (χ1v) is 8.13. The first-order valence-electron chi connectivity index (χ1n) is 7.25. The van der Waals surface area contributed by atoms with Gasteiger partial charge in [-0.25, -0.2) is 4.98 Å². The molecule has 6 nitrogen and oxygen atoms in total. The maximum atomic E-state index is 12.1. The molecule has 0 aromatic carbocycles. The fraction of sp³-hybridized carbons (Fsp3) is 0.400. The second-order valence-electron chi connectivity index (χ2n) is 5.48. The number of hydrogen-bond acceptors (Lipinski definition) is 5. The summed E-state index contributed by atoms with van der Waals surface area (Å²) < 4.78 is 3.57. The molecule has 116 valence electrons. The number of thiazole rings is 1. The first kappa shape index (κ1) is 14.9. The highest BCUT2D eigenvalue weighted by Gasteiger charge is 2.14. The lowest BCUT2D eigenvalue weighted by Crippen LogP contribution is -2.34. The third-order valence-electron chi connectivity index (χ3n) is 3.90. The van der Waals surface area contributed by atoms with Crippen molar-refractivity contribution in [1.82, 2.24) is 24.5 Å². The molecular formula is C15H19N5OS. The number of rotatable bonds is 5. The molecule has 1 N–H and O–H groups in total. The normalized spacial score (nSPS) is 14.3. The zero-order chi connectivity index (χ0) is 15.7. The second-order valence-corrected chi connectivity index (χ2v) is 6.31. The van der Waals surface area contributed by atoms with Gasteiger partial charge in [0.25, 0.3) is 5.56 Å². The van der Waals surface area contributed by atoms with E-state index in [4.69, 9.17) is 0 Å². The second kappa shape index (κ2) is 6.02. The molecule has 3 aromatic rings. The highest BCUT2D eigenvalue weighted by Crippen LogP contribution is 2.12. The van der Waals surface area contributed by atoms with Crippen LogP contribution in [0.4, 0.5) is 0 Å². The quantitative estimate of drug-likeness (QED) is 0.782. The molecule has 3 rings (SSSR count). The standard InChI is InChI=1S/C15H19N5OS/c1-10-9-22-15-18-13(7-14(21)20(10)15)8-16-11(2)12(3)19-6-4-5-17-19/h4-7,9,11-12,16H,8H2,1-3H3/t11-,12-/m1/s1. The number of aryl methyl sites for hydroxylation is 1. The van der Waals surface area contributed by atoms with Crippen LogP contribution in [0.1, 0.15) is 31.3 Å². The number of hydrogen-bond donors (Lipinski definition) is 1. The van der Waals surface area contributed by atoms with E-state index in [2.05, 4.69) is 29.2 Å². The summed E-state index contributed by atoms with van der Waals surface area (Å²) >= 11 is 1.49. The number of aromatic nitrogens is 4. The molecule has 0 aliphatic carbocycles. The molecular weight excluding hydrogens is 298 g/mol. The Bertz CT molecular complexity index is 820. The third kappa shape index (κ3) is 2.82. The van der Waals surface area contributed by atoms with Gasteiger partial charge in [0.15, 0.2) is 4.96 Å². The molecule has 0 aliphatic heterocycles. The van der Waals surface area contributed by atoms with Crippen molar-refractivity contribution in [3.63, 3.8) is 0 Å². The van der Waals surface area contributed by atoms with Crippen LogP contribution in [-0.2, 0) is 6.54 Å². The van der Waals surface area contributed by atoms with Crippen LogP contribution < -0.4 is 10.9 Å². The predicted molar refractivity (Wildman–Crippen MR) is 87.3 cm³/mol. The highest BCUT2D eigenvalue weighted by molar-refractivity contribution is 7.15. The summed E-state index contributed by atoms with van der Waals surface area (Å²) in [6, 6.07) is 3.96. The van der Waals surface area contributed by atoms with Gasteiger partial charge < -0.3 is 5.32 Å². The van der Waals surface area contributed by atoms with Gasteiger partial charge >= 0.3 is 0 Å². The van der Waals surface area contributed by atoms with Gasteiger partial charge in [0.05, 0.1) is 11.7 Å². The molecule has 0 amide bonds. The van der Waals surface area contributed by atoms with Crippen LogP contribution in [0.3, 0.4) is 0 Å². The van der Waals surface area contributed by atoms with Crippen LogP contribution in [0.5, 0.6) is 0 Å². The Hall–Kier alpha value is -1.99. The monoisotopic (exact) mass is 317 g/mol. The van der Waals surface area contributed by atoms with E-state index < -0.39 is 0 Å². The van der Waals surface area contributed by atoms with Gasteiger partial charge in [0, 0.05) is 42.1 Å². The predicted octanol–water partition coefficient (Wildman–Crippen LogP) is 2.00. The van der Waals surface area contributed by atoms with Crippen molar-refractivity contribution in [2.45, 2.75) is 39.4 Å².